The van der Waals surface area contributed by atoms with Gasteiger partial charge in [0.15, 0.2) is 5.78 Å². The summed E-state index contributed by atoms with van der Waals surface area (Å²) in [6.07, 6.45) is -2.96. The summed E-state index contributed by atoms with van der Waals surface area (Å²) < 4.78 is 25.0. The van der Waals surface area contributed by atoms with Crippen LogP contribution in [0.15, 0.2) is 12.1 Å². The molecule has 0 spiro atoms. The maximum absolute atomic E-state index is 12.5. The average molecular weight is 230 g/mol. The molecular formula is C9H8F2N2O3. The predicted octanol–water partition coefficient (Wildman–Crippen LogP) is 2.32. The standard InChI is InChI=1S/C9H8F2N2O3/c1-4(14)6-2-5(13(15)16)3-7(8(6)12)9(10)11/h2-3,9H,12H2,1H3. The molecule has 0 fully saturated rings. The number of nitro benzene ring substituents is 1. The largest absolute Gasteiger partial charge is 0.398 e. The Hall–Kier alpha value is -2.05. The molecule has 1 rings (SSSR count). The van der Waals surface area contributed by atoms with Crippen molar-refractivity contribution in [3.05, 3.63) is 33.4 Å². The summed E-state index contributed by atoms with van der Waals surface area (Å²) in [5.74, 6) is -0.594. The number of non-ortho nitro benzene ring substituents is 1. The van der Waals surface area contributed by atoms with Gasteiger partial charge in [0.05, 0.1) is 10.6 Å². The number of alkyl halides is 2. The van der Waals surface area contributed by atoms with Crippen LogP contribution in [0, 0.1) is 10.1 Å². The van der Waals surface area contributed by atoms with Gasteiger partial charge >= 0.3 is 0 Å². The molecule has 1 aromatic carbocycles. The summed E-state index contributed by atoms with van der Waals surface area (Å²) >= 11 is 0. The Labute approximate surface area is 89.0 Å². The zero-order valence-electron chi connectivity index (χ0n) is 8.24. The zero-order valence-corrected chi connectivity index (χ0v) is 8.24. The van der Waals surface area contributed by atoms with E-state index in [-0.39, 0.29) is 5.56 Å². The van der Waals surface area contributed by atoms with E-state index < -0.39 is 34.1 Å². The van der Waals surface area contributed by atoms with E-state index in [2.05, 4.69) is 0 Å². The number of rotatable bonds is 3. The third-order valence-electron chi connectivity index (χ3n) is 2.02. The van der Waals surface area contributed by atoms with Crippen molar-refractivity contribution in [3.63, 3.8) is 0 Å². The van der Waals surface area contributed by atoms with Crippen molar-refractivity contribution in [1.29, 1.82) is 0 Å². The lowest BCUT2D eigenvalue weighted by Crippen LogP contribution is -2.05. The predicted molar refractivity (Wildman–Crippen MR) is 52.5 cm³/mol. The Kier molecular flexibility index (Phi) is 3.17. The molecule has 0 atom stereocenters. The van der Waals surface area contributed by atoms with Crippen LogP contribution in [0.25, 0.3) is 0 Å². The molecule has 1 aromatic rings. The first-order chi connectivity index (χ1) is 7.34. The fourth-order valence-electron chi connectivity index (χ4n) is 1.24. The number of nitro groups is 1. The van der Waals surface area contributed by atoms with Gasteiger partial charge in [-0.2, -0.15) is 0 Å². The lowest BCUT2D eigenvalue weighted by atomic mass is 10.0. The average Bonchev–Trinajstić information content (AvgIpc) is 2.16. The van der Waals surface area contributed by atoms with Gasteiger partial charge in [-0.3, -0.25) is 14.9 Å². The SMILES string of the molecule is CC(=O)c1cc([N+](=O)[O-])cc(C(F)F)c1N. The van der Waals surface area contributed by atoms with Crippen molar-refractivity contribution < 1.29 is 18.5 Å². The van der Waals surface area contributed by atoms with Crippen molar-refractivity contribution in [1.82, 2.24) is 0 Å². The van der Waals surface area contributed by atoms with E-state index in [1.807, 2.05) is 0 Å². The number of carbonyl (C=O) groups is 1. The van der Waals surface area contributed by atoms with E-state index in [0.717, 1.165) is 13.0 Å². The summed E-state index contributed by atoms with van der Waals surface area (Å²) in [7, 11) is 0. The zero-order chi connectivity index (χ0) is 12.5. The molecule has 0 heterocycles. The number of Topliss-reactive ketones (excluding diaryl/α,β-unsaturated/α-hetero) is 1. The minimum atomic E-state index is -2.96. The minimum absolute atomic E-state index is 0.260. The van der Waals surface area contributed by atoms with Crippen molar-refractivity contribution >= 4 is 17.2 Å². The fourth-order valence-corrected chi connectivity index (χ4v) is 1.24. The van der Waals surface area contributed by atoms with Gasteiger partial charge in [0.1, 0.15) is 0 Å². The molecule has 0 amide bonds. The van der Waals surface area contributed by atoms with Crippen LogP contribution in [-0.2, 0) is 0 Å². The quantitative estimate of drug-likeness (QED) is 0.373. The number of halogens is 2. The number of ketones is 1. The van der Waals surface area contributed by atoms with Crippen molar-refractivity contribution in [3.8, 4) is 0 Å². The highest BCUT2D eigenvalue weighted by Crippen LogP contribution is 2.32. The van der Waals surface area contributed by atoms with E-state index in [0.29, 0.717) is 6.07 Å². The van der Waals surface area contributed by atoms with Gasteiger partial charge in [0.25, 0.3) is 12.1 Å². The molecule has 2 N–H and O–H groups in total. The molecule has 0 aliphatic rings. The first-order valence-corrected chi connectivity index (χ1v) is 4.21. The van der Waals surface area contributed by atoms with Gasteiger partial charge in [-0.25, -0.2) is 8.78 Å². The van der Waals surface area contributed by atoms with Gasteiger partial charge in [0, 0.05) is 23.3 Å². The van der Waals surface area contributed by atoms with Crippen LogP contribution in [-0.4, -0.2) is 10.7 Å². The monoisotopic (exact) mass is 230 g/mol. The molecular weight excluding hydrogens is 222 g/mol. The van der Waals surface area contributed by atoms with Gasteiger partial charge < -0.3 is 5.73 Å². The fraction of sp³-hybridized carbons (Fsp3) is 0.222. The van der Waals surface area contributed by atoms with E-state index in [1.54, 1.807) is 0 Å². The number of hydrogen-bond acceptors (Lipinski definition) is 4. The second kappa shape index (κ2) is 4.21. The van der Waals surface area contributed by atoms with Crippen LogP contribution in [0.5, 0.6) is 0 Å². The maximum Gasteiger partial charge on any atom is 0.270 e. The van der Waals surface area contributed by atoms with Crippen LogP contribution >= 0.6 is 0 Å². The highest BCUT2D eigenvalue weighted by Gasteiger charge is 2.21. The lowest BCUT2D eigenvalue weighted by Gasteiger charge is -2.08. The summed E-state index contributed by atoms with van der Waals surface area (Å²) in [5, 5.41) is 10.5. The van der Waals surface area contributed by atoms with Crippen molar-refractivity contribution in [2.24, 2.45) is 0 Å². The topological polar surface area (TPSA) is 86.2 Å². The number of nitrogens with zero attached hydrogens (tertiary/aromatic N) is 1. The van der Waals surface area contributed by atoms with E-state index in [9.17, 15) is 23.7 Å². The molecule has 0 aliphatic carbocycles. The lowest BCUT2D eigenvalue weighted by molar-refractivity contribution is -0.385. The summed E-state index contributed by atoms with van der Waals surface area (Å²) in [4.78, 5) is 20.7. The first-order valence-electron chi connectivity index (χ1n) is 4.21. The minimum Gasteiger partial charge on any atom is -0.398 e. The van der Waals surface area contributed by atoms with Crippen LogP contribution in [0.4, 0.5) is 20.2 Å². The second-order valence-electron chi connectivity index (χ2n) is 3.11. The molecule has 7 heteroatoms. The number of nitrogens with two attached hydrogens (primary N) is 1. The Balaban J connectivity index is 3.51. The summed E-state index contributed by atoms with van der Waals surface area (Å²) in [5.41, 5.74) is 3.39. The third-order valence-corrected chi connectivity index (χ3v) is 2.02. The number of anilines is 1. The Morgan fingerprint density at radius 2 is 2.06 bits per heavy atom. The molecule has 0 bridgehead atoms. The first kappa shape index (κ1) is 12.0. The van der Waals surface area contributed by atoms with Gasteiger partial charge in [-0.1, -0.05) is 0 Å². The molecule has 0 saturated heterocycles. The number of benzene rings is 1. The molecule has 5 nitrogen and oxygen atoms in total. The number of carbonyl (C=O) groups excluding carboxylic acids is 1. The number of hydrogen-bond donors (Lipinski definition) is 1. The molecule has 0 radical (unpaired) electrons. The Bertz CT molecular complexity index is 460. The molecule has 86 valence electrons. The van der Waals surface area contributed by atoms with Crippen LogP contribution in [0.3, 0.4) is 0 Å². The van der Waals surface area contributed by atoms with Crippen LogP contribution in [0.2, 0.25) is 0 Å². The van der Waals surface area contributed by atoms with Gasteiger partial charge in [0.2, 0.25) is 0 Å². The van der Waals surface area contributed by atoms with Crippen LogP contribution < -0.4 is 5.73 Å². The molecule has 0 unspecified atom stereocenters. The van der Waals surface area contributed by atoms with Crippen molar-refractivity contribution in [2.45, 2.75) is 13.3 Å². The Morgan fingerprint density at radius 1 is 1.50 bits per heavy atom. The van der Waals surface area contributed by atoms with Crippen LogP contribution in [0.1, 0.15) is 29.3 Å². The highest BCUT2D eigenvalue weighted by molar-refractivity contribution is 6.00. The maximum atomic E-state index is 12.5. The third kappa shape index (κ3) is 2.13. The molecule has 0 saturated carbocycles. The number of nitrogen functional groups attached to an aromatic ring is 1. The van der Waals surface area contributed by atoms with Crippen molar-refractivity contribution in [2.75, 3.05) is 5.73 Å². The molecule has 0 aliphatic heterocycles. The Morgan fingerprint density at radius 3 is 2.44 bits per heavy atom. The normalized spacial score (nSPS) is 10.5. The smallest absolute Gasteiger partial charge is 0.270 e. The summed E-state index contributed by atoms with van der Waals surface area (Å²) in [6, 6.07) is 1.57. The van der Waals surface area contributed by atoms with E-state index >= 15 is 0 Å². The van der Waals surface area contributed by atoms with E-state index in [1.165, 1.54) is 0 Å². The van der Waals surface area contributed by atoms with Gasteiger partial charge in [-0.15, -0.1) is 0 Å². The summed E-state index contributed by atoms with van der Waals surface area (Å²) in [6.45, 7) is 1.10. The second-order valence-corrected chi connectivity index (χ2v) is 3.11. The van der Waals surface area contributed by atoms with E-state index in [4.69, 9.17) is 5.73 Å². The molecule has 16 heavy (non-hydrogen) atoms. The highest BCUT2D eigenvalue weighted by atomic mass is 19.3. The van der Waals surface area contributed by atoms with Gasteiger partial charge in [-0.05, 0) is 6.92 Å². The molecule has 0 aromatic heterocycles.